The van der Waals surface area contributed by atoms with E-state index in [9.17, 15) is 22.4 Å². The molecule has 1 aliphatic heterocycles. The zero-order chi connectivity index (χ0) is 32.1. The second-order valence-corrected chi connectivity index (χ2v) is 10.5. The van der Waals surface area contributed by atoms with Crippen LogP contribution in [0.1, 0.15) is 52.9 Å². The number of anilines is 1. The molecule has 1 N–H and O–H groups in total. The lowest BCUT2D eigenvalue weighted by molar-refractivity contribution is -0.125. The Labute approximate surface area is 257 Å². The Balaban J connectivity index is 1.97. The number of guanidine groups is 1. The number of unbranched alkanes of at least 4 members (excludes halogenated alkanes) is 2. The number of nitrogens with zero attached hydrogens (tertiary/aromatic N) is 3. The van der Waals surface area contributed by atoms with Crippen LogP contribution in [0.2, 0.25) is 0 Å². The van der Waals surface area contributed by atoms with E-state index < -0.39 is 18.4 Å². The number of carbonyl (C=O) groups excluding carboxylic acids is 1. The quantitative estimate of drug-likeness (QED) is 0.0655. The molecule has 0 radical (unpaired) electrons. The summed E-state index contributed by atoms with van der Waals surface area (Å²) in [6, 6.07) is 14.9. The van der Waals surface area contributed by atoms with E-state index in [1.807, 2.05) is 36.1 Å². The van der Waals surface area contributed by atoms with Crippen LogP contribution in [-0.4, -0.2) is 42.6 Å². The minimum atomic E-state index is -4.28. The smallest absolute Gasteiger partial charge is 0.392 e. The van der Waals surface area contributed by atoms with E-state index in [-0.39, 0.29) is 30.6 Å². The van der Waals surface area contributed by atoms with Gasteiger partial charge in [-0.1, -0.05) is 61.9 Å². The second-order valence-electron chi connectivity index (χ2n) is 10.5. The van der Waals surface area contributed by atoms with E-state index in [4.69, 9.17) is 4.74 Å². The van der Waals surface area contributed by atoms with Crippen LogP contribution in [0.5, 0.6) is 5.75 Å². The third-order valence-electron chi connectivity index (χ3n) is 6.70. The number of nitrogens with one attached hydrogen (secondary N) is 1. The molecule has 2 aromatic rings. The molecule has 0 unspecified atom stereocenters. The molecule has 0 fully saturated rings. The first-order valence-electron chi connectivity index (χ1n) is 14.6. The summed E-state index contributed by atoms with van der Waals surface area (Å²) in [6.07, 6.45) is 1.94. The lowest BCUT2D eigenvalue weighted by Gasteiger charge is -2.34. The number of alkyl halides is 3. The fourth-order valence-electron chi connectivity index (χ4n) is 4.45. The summed E-state index contributed by atoms with van der Waals surface area (Å²) in [7, 11) is 0. The van der Waals surface area contributed by atoms with Crippen LogP contribution in [0.25, 0.3) is 0 Å². The van der Waals surface area contributed by atoms with E-state index in [0.717, 1.165) is 24.5 Å². The third-order valence-corrected chi connectivity index (χ3v) is 6.70. The van der Waals surface area contributed by atoms with Gasteiger partial charge in [-0.05, 0) is 63.5 Å². The molecule has 0 aromatic heterocycles. The molecular formula is C34H40F4N4O2. The summed E-state index contributed by atoms with van der Waals surface area (Å²) < 4.78 is 57.9. The summed E-state index contributed by atoms with van der Waals surface area (Å²) in [5, 5.41) is 3.09. The summed E-state index contributed by atoms with van der Waals surface area (Å²) in [6.45, 7) is 10.4. The molecule has 1 amide bonds. The molecule has 1 heterocycles. The van der Waals surface area contributed by atoms with E-state index in [0.29, 0.717) is 42.3 Å². The molecule has 0 atom stereocenters. The van der Waals surface area contributed by atoms with Gasteiger partial charge in [0, 0.05) is 23.9 Å². The molecule has 0 saturated heterocycles. The average molecular weight is 613 g/mol. The van der Waals surface area contributed by atoms with Gasteiger partial charge in [0.1, 0.15) is 11.6 Å². The monoisotopic (exact) mass is 612 g/mol. The number of hydrogen-bond acceptors (Lipinski definition) is 3. The van der Waals surface area contributed by atoms with Gasteiger partial charge in [0.15, 0.2) is 5.96 Å². The number of halogens is 4. The van der Waals surface area contributed by atoms with Gasteiger partial charge in [0.2, 0.25) is 5.88 Å². The van der Waals surface area contributed by atoms with Crippen molar-refractivity contribution in [2.75, 3.05) is 24.5 Å². The highest BCUT2D eigenvalue weighted by Gasteiger charge is 2.31. The van der Waals surface area contributed by atoms with Crippen LogP contribution < -0.4 is 15.0 Å². The highest BCUT2D eigenvalue weighted by Crippen LogP contribution is 2.29. The maximum absolute atomic E-state index is 14.5. The SMILES string of the molecule is C=C(C)NC(=NC/C=C\CC(F)(F)F)N1CCC(C)=C(C(=O)N(C(=CCCCC)Oc2cccc(F)c2)c2ccccc2)C1. The predicted molar refractivity (Wildman–Crippen MR) is 168 cm³/mol. The summed E-state index contributed by atoms with van der Waals surface area (Å²) in [5.41, 5.74) is 2.59. The lowest BCUT2D eigenvalue weighted by Crippen LogP contribution is -2.47. The zero-order valence-corrected chi connectivity index (χ0v) is 25.5. The standard InChI is InChI=1S/C34H40F4N4O2/c1-5-6-8-18-31(44-29-17-13-14-27(35)23-29)42(28-15-9-7-10-16-28)32(43)30-24-41(22-19-26(30)4)33(40-25(2)3)39-21-12-11-20-34(36,37)38/h7,9-18,23H,2,5-6,8,19-22,24H2,1,3-4H3,(H,39,40)/b12-11-,31-18?. The van der Waals surface area contributed by atoms with Crippen molar-refractivity contribution < 1.29 is 27.1 Å². The molecule has 0 aliphatic carbocycles. The average Bonchev–Trinajstić information content (AvgIpc) is 2.96. The lowest BCUT2D eigenvalue weighted by atomic mass is 10.00. The largest absolute Gasteiger partial charge is 0.441 e. The number of benzene rings is 2. The van der Waals surface area contributed by atoms with Crippen LogP contribution >= 0.6 is 0 Å². The Bertz CT molecular complexity index is 1400. The van der Waals surface area contributed by atoms with Crippen molar-refractivity contribution in [2.24, 2.45) is 4.99 Å². The Hall–Kier alpha value is -4.34. The third kappa shape index (κ3) is 10.7. The molecule has 0 saturated carbocycles. The van der Waals surface area contributed by atoms with Gasteiger partial charge in [-0.25, -0.2) is 14.3 Å². The number of para-hydroxylation sites is 1. The summed E-state index contributed by atoms with van der Waals surface area (Å²) >= 11 is 0. The zero-order valence-electron chi connectivity index (χ0n) is 25.5. The van der Waals surface area contributed by atoms with Crippen LogP contribution in [0.3, 0.4) is 0 Å². The van der Waals surface area contributed by atoms with Crippen molar-refractivity contribution >= 4 is 17.6 Å². The fourth-order valence-corrected chi connectivity index (χ4v) is 4.45. The van der Waals surface area contributed by atoms with Crippen LogP contribution in [0.4, 0.5) is 23.2 Å². The van der Waals surface area contributed by atoms with Gasteiger partial charge in [-0.15, -0.1) is 0 Å². The molecule has 0 spiro atoms. The van der Waals surface area contributed by atoms with Gasteiger partial charge in [-0.3, -0.25) is 4.79 Å². The number of amides is 1. The van der Waals surface area contributed by atoms with Crippen molar-refractivity contribution in [2.45, 2.75) is 59.1 Å². The maximum atomic E-state index is 14.5. The first kappa shape index (κ1) is 34.2. The molecule has 2 aromatic carbocycles. The van der Waals surface area contributed by atoms with Crippen LogP contribution in [0.15, 0.2) is 107 Å². The van der Waals surface area contributed by atoms with Crippen molar-refractivity contribution in [1.82, 2.24) is 10.2 Å². The Morgan fingerprint density at radius 2 is 1.91 bits per heavy atom. The minimum Gasteiger partial charge on any atom is -0.441 e. The van der Waals surface area contributed by atoms with Crippen molar-refractivity contribution in [3.05, 3.63) is 108 Å². The molecule has 3 rings (SSSR count). The normalized spacial score (nSPS) is 14.7. The summed E-state index contributed by atoms with van der Waals surface area (Å²) in [5.74, 6) is 0.169. The molecule has 6 nitrogen and oxygen atoms in total. The fraction of sp³-hybridized carbons (Fsp3) is 0.353. The Kier molecular flexibility index (Phi) is 12.8. The van der Waals surface area contributed by atoms with Gasteiger partial charge in [0.25, 0.3) is 5.91 Å². The Morgan fingerprint density at radius 3 is 2.57 bits per heavy atom. The van der Waals surface area contributed by atoms with Gasteiger partial charge in [-0.2, -0.15) is 13.2 Å². The topological polar surface area (TPSA) is 57.2 Å². The highest BCUT2D eigenvalue weighted by molar-refractivity contribution is 6.08. The summed E-state index contributed by atoms with van der Waals surface area (Å²) in [4.78, 5) is 22.3. The predicted octanol–water partition coefficient (Wildman–Crippen LogP) is 8.28. The molecule has 1 aliphatic rings. The molecule has 10 heteroatoms. The van der Waals surface area contributed by atoms with E-state index in [1.54, 1.807) is 31.2 Å². The Morgan fingerprint density at radius 1 is 1.16 bits per heavy atom. The van der Waals surface area contributed by atoms with Crippen molar-refractivity contribution in [1.29, 1.82) is 0 Å². The van der Waals surface area contributed by atoms with Gasteiger partial charge in [0.05, 0.1) is 25.2 Å². The highest BCUT2D eigenvalue weighted by atomic mass is 19.4. The van der Waals surface area contributed by atoms with Gasteiger partial charge < -0.3 is 15.0 Å². The van der Waals surface area contributed by atoms with Gasteiger partial charge >= 0.3 is 6.18 Å². The van der Waals surface area contributed by atoms with Crippen molar-refractivity contribution in [3.63, 3.8) is 0 Å². The number of allylic oxidation sites excluding steroid dienone is 3. The molecular weight excluding hydrogens is 572 g/mol. The second kappa shape index (κ2) is 16.5. The first-order chi connectivity index (χ1) is 21.0. The maximum Gasteiger partial charge on any atom is 0.392 e. The van der Waals surface area contributed by atoms with Crippen molar-refractivity contribution in [3.8, 4) is 5.75 Å². The molecule has 44 heavy (non-hydrogen) atoms. The minimum absolute atomic E-state index is 0.0239. The first-order valence-corrected chi connectivity index (χ1v) is 14.6. The molecule has 236 valence electrons. The van der Waals surface area contributed by atoms with Crippen LogP contribution in [-0.2, 0) is 4.79 Å². The number of rotatable bonds is 12. The number of aliphatic imine (C=N–C) groups is 1. The molecule has 0 bridgehead atoms. The number of ether oxygens (including phenoxy) is 1. The van der Waals surface area contributed by atoms with E-state index in [2.05, 4.69) is 23.8 Å². The number of hydrogen-bond donors (Lipinski definition) is 1. The van der Waals surface area contributed by atoms with E-state index in [1.165, 1.54) is 23.1 Å². The van der Waals surface area contributed by atoms with E-state index >= 15 is 0 Å². The van der Waals surface area contributed by atoms with Crippen LogP contribution in [0, 0.1) is 5.82 Å². The number of carbonyl (C=O) groups is 1.